The molecule has 0 bridgehead atoms. The second-order valence-electron chi connectivity index (χ2n) is 2.65. The Morgan fingerprint density at radius 1 is 1.45 bits per heavy atom. The van der Waals surface area contributed by atoms with E-state index in [0.717, 1.165) is 11.9 Å². The van der Waals surface area contributed by atoms with Crippen molar-refractivity contribution < 1.29 is 9.53 Å². The van der Waals surface area contributed by atoms with Crippen molar-refractivity contribution in [3.05, 3.63) is 36.1 Å². The fourth-order valence-corrected chi connectivity index (χ4v) is 1.31. The Morgan fingerprint density at radius 2 is 2.36 bits per heavy atom. The van der Waals surface area contributed by atoms with Crippen LogP contribution in [-0.2, 0) is 9.53 Å². The van der Waals surface area contributed by atoms with E-state index in [1.165, 1.54) is 0 Å². The molecule has 1 aliphatic heterocycles. The van der Waals surface area contributed by atoms with Gasteiger partial charge in [0.15, 0.2) is 0 Å². The van der Waals surface area contributed by atoms with Crippen LogP contribution in [0.4, 0.5) is 0 Å². The van der Waals surface area contributed by atoms with Crippen molar-refractivity contribution in [2.75, 3.05) is 0 Å². The van der Waals surface area contributed by atoms with Crippen molar-refractivity contribution in [1.29, 1.82) is 0 Å². The van der Waals surface area contributed by atoms with Gasteiger partial charge in [0.25, 0.3) is 0 Å². The lowest BCUT2D eigenvalue weighted by Gasteiger charge is -2.15. The van der Waals surface area contributed by atoms with Crippen LogP contribution in [0.1, 0.15) is 0 Å². The SMILES string of the molecule is O=CC1=CC2C=COC2C=C1. The van der Waals surface area contributed by atoms with Crippen molar-refractivity contribution in [2.24, 2.45) is 5.92 Å². The third-order valence-corrected chi connectivity index (χ3v) is 1.92. The van der Waals surface area contributed by atoms with Gasteiger partial charge in [-0.05, 0) is 12.2 Å². The van der Waals surface area contributed by atoms with Gasteiger partial charge >= 0.3 is 0 Å². The lowest BCUT2D eigenvalue weighted by atomic mass is 9.95. The van der Waals surface area contributed by atoms with Crippen LogP contribution in [0.15, 0.2) is 36.1 Å². The van der Waals surface area contributed by atoms with E-state index in [1.807, 2.05) is 18.2 Å². The summed E-state index contributed by atoms with van der Waals surface area (Å²) in [4.78, 5) is 10.4. The number of rotatable bonds is 1. The molecule has 0 saturated heterocycles. The first-order valence-electron chi connectivity index (χ1n) is 3.57. The Bertz CT molecular complexity index is 261. The highest BCUT2D eigenvalue weighted by molar-refractivity contribution is 5.78. The van der Waals surface area contributed by atoms with E-state index in [1.54, 1.807) is 12.3 Å². The molecule has 1 aliphatic carbocycles. The molecule has 0 amide bonds. The summed E-state index contributed by atoms with van der Waals surface area (Å²) in [6, 6.07) is 0. The normalized spacial score (nSPS) is 32.5. The molecule has 0 spiro atoms. The van der Waals surface area contributed by atoms with Crippen LogP contribution in [0.5, 0.6) is 0 Å². The fourth-order valence-electron chi connectivity index (χ4n) is 1.31. The average Bonchev–Trinajstić information content (AvgIpc) is 2.50. The molecule has 0 saturated carbocycles. The minimum absolute atomic E-state index is 0.124. The molecule has 1 heterocycles. The molecule has 11 heavy (non-hydrogen) atoms. The molecular formula is C9H8O2. The Morgan fingerprint density at radius 3 is 3.18 bits per heavy atom. The standard InChI is InChI=1S/C9H8O2/c10-6-7-1-2-9-8(5-7)3-4-11-9/h1-6,8-9H. The van der Waals surface area contributed by atoms with Gasteiger partial charge in [0.1, 0.15) is 12.4 Å². The molecule has 0 aromatic heterocycles. The number of fused-ring (bicyclic) bond motifs is 1. The van der Waals surface area contributed by atoms with E-state index < -0.39 is 0 Å². The molecular weight excluding hydrogens is 140 g/mol. The lowest BCUT2D eigenvalue weighted by Crippen LogP contribution is -2.14. The number of ether oxygens (including phenoxy) is 1. The molecule has 0 N–H and O–H groups in total. The predicted octanol–water partition coefficient (Wildman–Crippen LogP) is 1.21. The Kier molecular flexibility index (Phi) is 1.39. The Labute approximate surface area is 64.9 Å². The second-order valence-corrected chi connectivity index (χ2v) is 2.65. The van der Waals surface area contributed by atoms with E-state index in [-0.39, 0.29) is 12.0 Å². The third-order valence-electron chi connectivity index (χ3n) is 1.92. The van der Waals surface area contributed by atoms with Crippen molar-refractivity contribution >= 4 is 6.29 Å². The maximum absolute atomic E-state index is 10.4. The van der Waals surface area contributed by atoms with E-state index in [2.05, 4.69) is 0 Å². The van der Waals surface area contributed by atoms with Gasteiger partial charge in [0.2, 0.25) is 0 Å². The summed E-state index contributed by atoms with van der Waals surface area (Å²) in [7, 11) is 0. The van der Waals surface area contributed by atoms with E-state index in [9.17, 15) is 4.79 Å². The van der Waals surface area contributed by atoms with Crippen LogP contribution in [0.3, 0.4) is 0 Å². The minimum Gasteiger partial charge on any atom is -0.493 e. The van der Waals surface area contributed by atoms with Gasteiger partial charge in [-0.2, -0.15) is 0 Å². The molecule has 2 atom stereocenters. The van der Waals surface area contributed by atoms with Crippen molar-refractivity contribution in [3.8, 4) is 0 Å². The van der Waals surface area contributed by atoms with E-state index >= 15 is 0 Å². The first kappa shape index (κ1) is 6.40. The summed E-state index contributed by atoms with van der Waals surface area (Å²) in [5, 5.41) is 0. The number of carbonyl (C=O) groups is 1. The van der Waals surface area contributed by atoms with E-state index in [0.29, 0.717) is 0 Å². The highest BCUT2D eigenvalue weighted by atomic mass is 16.5. The molecule has 0 fully saturated rings. The van der Waals surface area contributed by atoms with Crippen LogP contribution in [0.25, 0.3) is 0 Å². The largest absolute Gasteiger partial charge is 0.493 e. The van der Waals surface area contributed by atoms with Gasteiger partial charge in [-0.1, -0.05) is 12.2 Å². The molecule has 2 heteroatoms. The summed E-state index contributed by atoms with van der Waals surface area (Å²) in [6.07, 6.45) is 10.2. The summed E-state index contributed by atoms with van der Waals surface area (Å²) in [6.45, 7) is 0. The van der Waals surface area contributed by atoms with Crippen molar-refractivity contribution in [2.45, 2.75) is 6.10 Å². The number of allylic oxidation sites excluding steroid dienone is 2. The molecule has 0 aromatic rings. The fraction of sp³-hybridized carbons (Fsp3) is 0.222. The molecule has 0 aromatic carbocycles. The highest BCUT2D eigenvalue weighted by Crippen LogP contribution is 2.25. The smallest absolute Gasteiger partial charge is 0.149 e. The Balaban J connectivity index is 2.26. The summed E-state index contributed by atoms with van der Waals surface area (Å²) < 4.78 is 5.22. The van der Waals surface area contributed by atoms with Crippen LogP contribution < -0.4 is 0 Å². The van der Waals surface area contributed by atoms with Crippen LogP contribution in [-0.4, -0.2) is 12.4 Å². The quantitative estimate of drug-likeness (QED) is 0.522. The summed E-state index contributed by atoms with van der Waals surface area (Å²) >= 11 is 0. The maximum Gasteiger partial charge on any atom is 0.149 e. The predicted molar refractivity (Wildman–Crippen MR) is 40.8 cm³/mol. The zero-order valence-corrected chi connectivity index (χ0v) is 5.94. The average molecular weight is 148 g/mol. The molecule has 2 rings (SSSR count). The molecule has 0 radical (unpaired) electrons. The number of aldehydes is 1. The molecule has 2 nitrogen and oxygen atoms in total. The van der Waals surface area contributed by atoms with Crippen LogP contribution in [0, 0.1) is 5.92 Å². The zero-order valence-electron chi connectivity index (χ0n) is 5.94. The minimum atomic E-state index is 0.124. The molecule has 2 unspecified atom stereocenters. The van der Waals surface area contributed by atoms with Crippen molar-refractivity contribution in [1.82, 2.24) is 0 Å². The van der Waals surface area contributed by atoms with Gasteiger partial charge in [-0.3, -0.25) is 4.79 Å². The van der Waals surface area contributed by atoms with Crippen LogP contribution in [0.2, 0.25) is 0 Å². The van der Waals surface area contributed by atoms with Gasteiger partial charge in [0.05, 0.1) is 6.26 Å². The number of hydrogen-bond acceptors (Lipinski definition) is 2. The summed E-state index contributed by atoms with van der Waals surface area (Å²) in [5.74, 6) is 0.264. The molecule has 56 valence electrons. The zero-order chi connectivity index (χ0) is 7.68. The third kappa shape index (κ3) is 1.00. The molecule has 2 aliphatic rings. The van der Waals surface area contributed by atoms with Gasteiger partial charge in [-0.15, -0.1) is 0 Å². The lowest BCUT2D eigenvalue weighted by molar-refractivity contribution is -0.104. The maximum atomic E-state index is 10.4. The number of carbonyl (C=O) groups excluding carboxylic acids is 1. The monoisotopic (exact) mass is 148 g/mol. The van der Waals surface area contributed by atoms with Gasteiger partial charge in [-0.25, -0.2) is 0 Å². The number of hydrogen-bond donors (Lipinski definition) is 0. The van der Waals surface area contributed by atoms with Gasteiger partial charge < -0.3 is 4.74 Å². The highest BCUT2D eigenvalue weighted by Gasteiger charge is 2.22. The first-order chi connectivity index (χ1) is 5.40. The van der Waals surface area contributed by atoms with Gasteiger partial charge in [0, 0.05) is 11.5 Å². The van der Waals surface area contributed by atoms with E-state index in [4.69, 9.17) is 4.74 Å². The first-order valence-corrected chi connectivity index (χ1v) is 3.57. The second kappa shape index (κ2) is 2.38. The van der Waals surface area contributed by atoms with Crippen molar-refractivity contribution in [3.63, 3.8) is 0 Å². The summed E-state index contributed by atoms with van der Waals surface area (Å²) in [5.41, 5.74) is 0.737. The Hall–Kier alpha value is -1.31. The topological polar surface area (TPSA) is 26.3 Å². The van der Waals surface area contributed by atoms with Crippen LogP contribution >= 0.6 is 0 Å².